The van der Waals surface area contributed by atoms with Gasteiger partial charge in [-0.25, -0.2) is 5.48 Å². The molecular weight excluding hydrogens is 322 g/mol. The number of nitrogens with one attached hydrogen (secondary N) is 3. The van der Waals surface area contributed by atoms with Gasteiger partial charge in [-0.3, -0.25) is 19.6 Å². The van der Waals surface area contributed by atoms with Gasteiger partial charge in [-0.1, -0.05) is 36.8 Å². The lowest BCUT2D eigenvalue weighted by Gasteiger charge is -2.19. The van der Waals surface area contributed by atoms with Crippen LogP contribution in [0.15, 0.2) is 39.9 Å². The number of amides is 1. The smallest absolute Gasteiger partial charge is 0.253 e. The fourth-order valence-corrected chi connectivity index (χ4v) is 2.60. The van der Waals surface area contributed by atoms with Crippen LogP contribution in [-0.4, -0.2) is 17.7 Å². The largest absolute Gasteiger partial charge is 0.380 e. The van der Waals surface area contributed by atoms with Gasteiger partial charge in [0.25, 0.3) is 10.9 Å². The van der Waals surface area contributed by atoms with Gasteiger partial charge in [0.15, 0.2) is 0 Å². The third kappa shape index (κ3) is 4.90. The zero-order valence-corrected chi connectivity index (χ0v) is 14.2. The molecule has 0 aliphatic rings. The molecule has 0 radical (unpaired) electrons. The topological polar surface area (TPSA) is 108 Å². The Kier molecular flexibility index (Phi) is 6.71. The van der Waals surface area contributed by atoms with Crippen LogP contribution in [0.4, 0.5) is 11.4 Å². The van der Waals surface area contributed by atoms with Gasteiger partial charge >= 0.3 is 0 Å². The number of benzene rings is 1. The highest BCUT2D eigenvalue weighted by Gasteiger charge is 2.22. The first-order valence-corrected chi connectivity index (χ1v) is 8.36. The van der Waals surface area contributed by atoms with Crippen LogP contribution >= 0.6 is 0 Å². The van der Waals surface area contributed by atoms with Crippen LogP contribution < -0.4 is 27.0 Å². The molecule has 134 valence electrons. The Hall–Kier alpha value is -2.67. The van der Waals surface area contributed by atoms with E-state index in [1.54, 1.807) is 5.48 Å². The highest BCUT2D eigenvalue weighted by Crippen LogP contribution is 2.22. The fourth-order valence-electron chi connectivity index (χ4n) is 2.60. The zero-order valence-electron chi connectivity index (χ0n) is 14.2. The molecule has 0 aliphatic heterocycles. The number of rotatable bonds is 10. The molecule has 2 aromatic carbocycles. The number of carbonyl (C=O) groups is 1. The average molecular weight is 345 g/mol. The standard InChI is InChI=1S/C18H23N3O4/c1-12(13-8-4-2-5-9-13)20-16-15(17(23)18(16)24)19-11-7-3-6-10-14(22)21-25/h2,4-5,8-9,12,19-20,25H,3,6-7,10-11H2,1H3,(H,21,22)/t12-/m0/s1. The van der Waals surface area contributed by atoms with Crippen molar-refractivity contribution < 1.29 is 10.0 Å². The summed E-state index contributed by atoms with van der Waals surface area (Å²) in [5, 5.41) is 14.5. The number of carbonyl (C=O) groups excluding carboxylic acids is 1. The number of hydrogen-bond donors (Lipinski definition) is 4. The molecule has 0 heterocycles. The van der Waals surface area contributed by atoms with E-state index in [0.717, 1.165) is 18.4 Å². The van der Waals surface area contributed by atoms with Gasteiger partial charge in [0.1, 0.15) is 11.4 Å². The van der Waals surface area contributed by atoms with Gasteiger partial charge in [-0.2, -0.15) is 0 Å². The van der Waals surface area contributed by atoms with Crippen molar-refractivity contribution in [3.8, 4) is 0 Å². The number of hydrogen-bond acceptors (Lipinski definition) is 6. The van der Waals surface area contributed by atoms with Gasteiger partial charge in [-0.05, 0) is 25.3 Å². The SMILES string of the molecule is C[C@H](Nc1c(NCCCCCC(=O)NO)c(=O)c1=O)c1ccccc1. The molecule has 0 unspecified atom stereocenters. The molecule has 0 aliphatic carbocycles. The van der Waals surface area contributed by atoms with Crippen LogP contribution in [0.2, 0.25) is 0 Å². The van der Waals surface area contributed by atoms with E-state index in [1.807, 2.05) is 37.3 Å². The summed E-state index contributed by atoms with van der Waals surface area (Å²) in [6, 6.07) is 9.60. The molecule has 0 aromatic heterocycles. The molecule has 7 nitrogen and oxygen atoms in total. The summed E-state index contributed by atoms with van der Waals surface area (Å²) in [4.78, 5) is 34.4. The fraction of sp³-hybridized carbons (Fsp3) is 0.389. The van der Waals surface area contributed by atoms with Crippen molar-refractivity contribution >= 4 is 17.3 Å². The highest BCUT2D eigenvalue weighted by atomic mass is 16.5. The highest BCUT2D eigenvalue weighted by molar-refractivity contribution is 5.75. The van der Waals surface area contributed by atoms with E-state index in [-0.39, 0.29) is 12.5 Å². The Balaban J connectivity index is 1.83. The number of unbranched alkanes of at least 4 members (excludes halogenated alkanes) is 2. The molecule has 2 aromatic rings. The van der Waals surface area contributed by atoms with Crippen LogP contribution in [-0.2, 0) is 4.79 Å². The number of anilines is 2. The molecule has 4 N–H and O–H groups in total. The molecule has 0 saturated heterocycles. The van der Waals surface area contributed by atoms with E-state index >= 15 is 0 Å². The maximum atomic E-state index is 11.8. The molecular formula is C18H23N3O4. The van der Waals surface area contributed by atoms with Crippen LogP contribution in [0.25, 0.3) is 0 Å². The van der Waals surface area contributed by atoms with Crippen molar-refractivity contribution in [3.05, 3.63) is 56.3 Å². The van der Waals surface area contributed by atoms with Crippen molar-refractivity contribution in [2.75, 3.05) is 17.2 Å². The van der Waals surface area contributed by atoms with E-state index in [2.05, 4.69) is 10.6 Å². The molecule has 25 heavy (non-hydrogen) atoms. The lowest BCUT2D eigenvalue weighted by atomic mass is 10.1. The molecule has 0 saturated carbocycles. The van der Waals surface area contributed by atoms with Gasteiger partial charge in [0.2, 0.25) is 5.91 Å². The Morgan fingerprint density at radius 1 is 1.04 bits per heavy atom. The maximum Gasteiger partial charge on any atom is 0.253 e. The summed E-state index contributed by atoms with van der Waals surface area (Å²) in [7, 11) is 0. The minimum atomic E-state index is -0.498. The molecule has 2 rings (SSSR count). The van der Waals surface area contributed by atoms with Gasteiger partial charge in [0, 0.05) is 19.0 Å². The number of hydroxylamine groups is 1. The summed E-state index contributed by atoms with van der Waals surface area (Å²) in [5.74, 6) is -0.406. The van der Waals surface area contributed by atoms with Crippen LogP contribution in [0.1, 0.15) is 44.2 Å². The second-order valence-corrected chi connectivity index (χ2v) is 5.96. The first-order chi connectivity index (χ1) is 12.0. The molecule has 7 heteroatoms. The van der Waals surface area contributed by atoms with Crippen molar-refractivity contribution in [2.45, 2.75) is 38.6 Å². The van der Waals surface area contributed by atoms with E-state index in [9.17, 15) is 14.4 Å². The maximum absolute atomic E-state index is 11.8. The molecule has 0 bridgehead atoms. The first-order valence-electron chi connectivity index (χ1n) is 8.36. The molecule has 0 fully saturated rings. The Labute approximate surface area is 145 Å². The Bertz CT molecular complexity index is 766. The van der Waals surface area contributed by atoms with Crippen molar-refractivity contribution in [1.82, 2.24) is 5.48 Å². The van der Waals surface area contributed by atoms with E-state index in [0.29, 0.717) is 24.3 Å². The predicted octanol–water partition coefficient (Wildman–Crippen LogP) is 1.93. The van der Waals surface area contributed by atoms with Gasteiger partial charge in [-0.15, -0.1) is 0 Å². The van der Waals surface area contributed by atoms with Crippen molar-refractivity contribution in [1.29, 1.82) is 0 Å². The van der Waals surface area contributed by atoms with Gasteiger partial charge in [0.05, 0.1) is 0 Å². The summed E-state index contributed by atoms with van der Waals surface area (Å²) >= 11 is 0. The minimum Gasteiger partial charge on any atom is -0.380 e. The second-order valence-electron chi connectivity index (χ2n) is 5.96. The third-order valence-electron chi connectivity index (χ3n) is 4.08. The van der Waals surface area contributed by atoms with Crippen molar-refractivity contribution in [3.63, 3.8) is 0 Å². The van der Waals surface area contributed by atoms with E-state index in [1.165, 1.54) is 0 Å². The van der Waals surface area contributed by atoms with E-state index < -0.39 is 16.8 Å². The van der Waals surface area contributed by atoms with Gasteiger partial charge < -0.3 is 10.6 Å². The third-order valence-corrected chi connectivity index (χ3v) is 4.08. The van der Waals surface area contributed by atoms with Crippen molar-refractivity contribution in [2.24, 2.45) is 0 Å². The lowest BCUT2D eigenvalue weighted by molar-refractivity contribution is -0.129. The monoisotopic (exact) mass is 345 g/mol. The summed E-state index contributed by atoms with van der Waals surface area (Å²) in [6.07, 6.45) is 2.44. The lowest BCUT2D eigenvalue weighted by Crippen LogP contribution is -2.38. The first kappa shape index (κ1) is 18.7. The van der Waals surface area contributed by atoms with Crippen LogP contribution in [0.3, 0.4) is 0 Å². The average Bonchev–Trinajstić information content (AvgIpc) is 2.65. The van der Waals surface area contributed by atoms with Crippen LogP contribution in [0.5, 0.6) is 0 Å². The Morgan fingerprint density at radius 2 is 1.72 bits per heavy atom. The summed E-state index contributed by atoms with van der Waals surface area (Å²) in [6.45, 7) is 2.47. The van der Waals surface area contributed by atoms with Crippen LogP contribution in [0, 0.1) is 0 Å². The Morgan fingerprint density at radius 3 is 2.40 bits per heavy atom. The molecule has 0 spiro atoms. The molecule has 1 atom stereocenters. The summed E-state index contributed by atoms with van der Waals surface area (Å²) in [5.41, 5.74) is 2.29. The summed E-state index contributed by atoms with van der Waals surface area (Å²) < 4.78 is 0. The predicted molar refractivity (Wildman–Crippen MR) is 96.7 cm³/mol. The van der Waals surface area contributed by atoms with E-state index in [4.69, 9.17) is 5.21 Å². The normalized spacial score (nSPS) is 11.9. The second kappa shape index (κ2) is 8.98. The molecule has 1 amide bonds. The quantitative estimate of drug-likeness (QED) is 0.227. The zero-order chi connectivity index (χ0) is 18.2. The minimum absolute atomic E-state index is 0.0814.